The van der Waals surface area contributed by atoms with Gasteiger partial charge in [-0.1, -0.05) is 19.8 Å². The molecule has 0 saturated carbocycles. The van der Waals surface area contributed by atoms with Crippen molar-refractivity contribution in [2.45, 2.75) is 39.0 Å². The molecule has 0 aliphatic rings. The zero-order chi connectivity index (χ0) is 14.1. The number of carboxylic acids is 1. The van der Waals surface area contributed by atoms with E-state index in [-0.39, 0.29) is 12.0 Å². The molecule has 1 rings (SSSR count). The maximum atomic E-state index is 11.1. The summed E-state index contributed by atoms with van der Waals surface area (Å²) in [6.45, 7) is 2.79. The molecule has 0 fully saturated rings. The predicted octanol–water partition coefficient (Wildman–Crippen LogP) is 1.85. The van der Waals surface area contributed by atoms with E-state index in [1.165, 1.54) is 12.4 Å². The van der Waals surface area contributed by atoms with Crippen LogP contribution in [0.5, 0.6) is 0 Å². The summed E-state index contributed by atoms with van der Waals surface area (Å²) in [6.07, 6.45) is 5.24. The molecule has 1 unspecified atom stereocenters. The molecule has 106 valence electrons. The lowest BCUT2D eigenvalue weighted by Crippen LogP contribution is -2.13. The highest BCUT2D eigenvalue weighted by molar-refractivity contribution is 5.66. The highest BCUT2D eigenvalue weighted by atomic mass is 16.4. The Bertz CT molecular complexity index is 445. The molecule has 19 heavy (non-hydrogen) atoms. The molecule has 1 aromatic rings. The first-order chi connectivity index (χ1) is 9.11. The number of nitrogens with zero attached hydrogens (tertiary/aromatic N) is 1. The van der Waals surface area contributed by atoms with Gasteiger partial charge in [0.05, 0.1) is 6.33 Å². The van der Waals surface area contributed by atoms with Gasteiger partial charge in [0.25, 0.3) is 5.56 Å². The number of aromatic nitrogens is 2. The summed E-state index contributed by atoms with van der Waals surface area (Å²) < 4.78 is 0. The normalized spacial score (nSPS) is 12.1. The van der Waals surface area contributed by atoms with Gasteiger partial charge in [0.2, 0.25) is 0 Å². The molecule has 0 aromatic carbocycles. The second-order valence-electron chi connectivity index (χ2n) is 4.60. The van der Waals surface area contributed by atoms with Gasteiger partial charge >= 0.3 is 5.97 Å². The molecule has 0 aliphatic heterocycles. The Hall–Kier alpha value is -1.85. The molecule has 1 atom stereocenters. The van der Waals surface area contributed by atoms with Gasteiger partial charge in [-0.15, -0.1) is 0 Å². The van der Waals surface area contributed by atoms with Gasteiger partial charge in [-0.3, -0.25) is 9.59 Å². The average molecular weight is 267 g/mol. The van der Waals surface area contributed by atoms with Crippen LogP contribution in [0, 0.1) is 5.92 Å². The monoisotopic (exact) mass is 267 g/mol. The smallest absolute Gasteiger partial charge is 0.303 e. The summed E-state index contributed by atoms with van der Waals surface area (Å²) in [4.78, 5) is 28.1. The summed E-state index contributed by atoms with van der Waals surface area (Å²) in [5.74, 6) is 0.207. The number of carboxylic acid groups (broad SMARTS) is 1. The average Bonchev–Trinajstić information content (AvgIpc) is 2.36. The Labute approximate surface area is 112 Å². The van der Waals surface area contributed by atoms with Gasteiger partial charge in [-0.25, -0.2) is 4.98 Å². The van der Waals surface area contributed by atoms with E-state index in [0.29, 0.717) is 24.7 Å². The molecule has 0 radical (unpaired) electrons. The van der Waals surface area contributed by atoms with Crippen LogP contribution in [0.3, 0.4) is 0 Å². The van der Waals surface area contributed by atoms with Crippen molar-refractivity contribution in [3.05, 3.63) is 22.7 Å². The number of aliphatic carboxylic acids is 1. The van der Waals surface area contributed by atoms with Crippen molar-refractivity contribution >= 4 is 11.8 Å². The van der Waals surface area contributed by atoms with Crippen LogP contribution in [0.1, 0.15) is 39.0 Å². The van der Waals surface area contributed by atoms with Crippen LogP contribution < -0.4 is 10.9 Å². The summed E-state index contributed by atoms with van der Waals surface area (Å²) in [5, 5.41) is 11.8. The zero-order valence-corrected chi connectivity index (χ0v) is 11.2. The van der Waals surface area contributed by atoms with Gasteiger partial charge in [-0.05, 0) is 18.8 Å². The number of nitrogens with one attached hydrogen (secondary N) is 2. The fourth-order valence-electron chi connectivity index (χ4n) is 2.04. The van der Waals surface area contributed by atoms with Crippen molar-refractivity contribution in [2.24, 2.45) is 5.92 Å². The highest BCUT2D eigenvalue weighted by Crippen LogP contribution is 2.17. The Morgan fingerprint density at radius 3 is 2.89 bits per heavy atom. The predicted molar refractivity (Wildman–Crippen MR) is 73.2 cm³/mol. The number of H-pyrrole nitrogens is 1. The number of aromatic amines is 1. The van der Waals surface area contributed by atoms with Crippen molar-refractivity contribution < 1.29 is 9.90 Å². The number of carbonyl (C=O) groups is 1. The molecule has 0 aliphatic carbocycles. The number of hydrogen-bond donors (Lipinski definition) is 3. The third kappa shape index (κ3) is 6.59. The Kier molecular flexibility index (Phi) is 6.63. The van der Waals surface area contributed by atoms with Crippen LogP contribution in [0.4, 0.5) is 5.82 Å². The minimum Gasteiger partial charge on any atom is -0.481 e. The molecule has 0 amide bonds. The van der Waals surface area contributed by atoms with Gasteiger partial charge in [0.1, 0.15) is 5.82 Å². The number of anilines is 1. The van der Waals surface area contributed by atoms with Crippen molar-refractivity contribution in [2.75, 3.05) is 11.9 Å². The summed E-state index contributed by atoms with van der Waals surface area (Å²) in [6, 6.07) is 1.41. The van der Waals surface area contributed by atoms with Gasteiger partial charge in [0.15, 0.2) is 0 Å². The lowest BCUT2D eigenvalue weighted by Gasteiger charge is -2.15. The fraction of sp³-hybridized carbons (Fsp3) is 0.615. The van der Waals surface area contributed by atoms with Crippen LogP contribution in [0.2, 0.25) is 0 Å². The standard InChI is InChI=1S/C13H21N3O3/c1-2-3-10(4-5-13(18)19)6-7-14-11-8-12(17)16-9-15-11/h8-10H,2-7H2,1H3,(H,18,19)(H2,14,15,16,17). The molecule has 3 N–H and O–H groups in total. The van der Waals surface area contributed by atoms with E-state index >= 15 is 0 Å². The second kappa shape index (κ2) is 8.29. The first-order valence-electron chi connectivity index (χ1n) is 6.62. The molecule has 0 bridgehead atoms. The second-order valence-corrected chi connectivity index (χ2v) is 4.60. The van der Waals surface area contributed by atoms with Gasteiger partial charge in [0, 0.05) is 19.0 Å². The van der Waals surface area contributed by atoms with E-state index in [0.717, 1.165) is 19.3 Å². The van der Waals surface area contributed by atoms with Gasteiger partial charge in [-0.2, -0.15) is 0 Å². The van der Waals surface area contributed by atoms with Crippen LogP contribution >= 0.6 is 0 Å². The van der Waals surface area contributed by atoms with Crippen molar-refractivity contribution in [1.82, 2.24) is 9.97 Å². The van der Waals surface area contributed by atoms with Crippen molar-refractivity contribution in [1.29, 1.82) is 0 Å². The van der Waals surface area contributed by atoms with Crippen LogP contribution in [0.25, 0.3) is 0 Å². The van der Waals surface area contributed by atoms with E-state index in [2.05, 4.69) is 22.2 Å². The first-order valence-corrected chi connectivity index (χ1v) is 6.62. The van der Waals surface area contributed by atoms with E-state index in [1.807, 2.05) is 0 Å². The topological polar surface area (TPSA) is 95.1 Å². The maximum Gasteiger partial charge on any atom is 0.303 e. The van der Waals surface area contributed by atoms with Crippen molar-refractivity contribution in [3.8, 4) is 0 Å². The lowest BCUT2D eigenvalue weighted by molar-refractivity contribution is -0.137. The molecule has 0 spiro atoms. The molecule has 6 heteroatoms. The zero-order valence-electron chi connectivity index (χ0n) is 11.2. The van der Waals surface area contributed by atoms with Crippen LogP contribution in [0.15, 0.2) is 17.2 Å². The molecular formula is C13H21N3O3. The molecule has 0 saturated heterocycles. The quantitative estimate of drug-likeness (QED) is 0.634. The van der Waals surface area contributed by atoms with E-state index in [1.54, 1.807) is 0 Å². The van der Waals surface area contributed by atoms with Gasteiger partial charge < -0.3 is 15.4 Å². The van der Waals surface area contributed by atoms with E-state index in [4.69, 9.17) is 5.11 Å². The Morgan fingerprint density at radius 1 is 1.47 bits per heavy atom. The number of rotatable bonds is 9. The molecular weight excluding hydrogens is 246 g/mol. The third-order valence-electron chi connectivity index (χ3n) is 3.00. The molecule has 6 nitrogen and oxygen atoms in total. The van der Waals surface area contributed by atoms with Crippen molar-refractivity contribution in [3.63, 3.8) is 0 Å². The van der Waals surface area contributed by atoms with Crippen LogP contribution in [-0.2, 0) is 4.79 Å². The maximum absolute atomic E-state index is 11.1. The number of hydrogen-bond acceptors (Lipinski definition) is 4. The minimum absolute atomic E-state index is 0.187. The Balaban J connectivity index is 2.35. The highest BCUT2D eigenvalue weighted by Gasteiger charge is 2.10. The van der Waals surface area contributed by atoms with E-state index < -0.39 is 5.97 Å². The summed E-state index contributed by atoms with van der Waals surface area (Å²) in [5.41, 5.74) is -0.187. The third-order valence-corrected chi connectivity index (χ3v) is 3.00. The Morgan fingerprint density at radius 2 is 2.26 bits per heavy atom. The van der Waals surface area contributed by atoms with Crippen LogP contribution in [-0.4, -0.2) is 27.6 Å². The minimum atomic E-state index is -0.745. The summed E-state index contributed by atoms with van der Waals surface area (Å²) >= 11 is 0. The SMILES string of the molecule is CCCC(CCNc1cc(=O)[nH]cn1)CCC(=O)O. The largest absolute Gasteiger partial charge is 0.481 e. The fourth-order valence-corrected chi connectivity index (χ4v) is 2.04. The first kappa shape index (κ1) is 15.2. The van der Waals surface area contributed by atoms with E-state index in [9.17, 15) is 9.59 Å². The molecule has 1 heterocycles. The summed E-state index contributed by atoms with van der Waals surface area (Å²) in [7, 11) is 0. The molecule has 1 aromatic heterocycles. The lowest BCUT2D eigenvalue weighted by atomic mass is 9.94.